The Morgan fingerprint density at radius 2 is 1.29 bits per heavy atom. The molecule has 0 aromatic rings. The van der Waals surface area contributed by atoms with Crippen molar-refractivity contribution in [1.82, 2.24) is 0 Å². The zero-order valence-electron chi connectivity index (χ0n) is 14.1. The first-order valence-corrected chi connectivity index (χ1v) is 8.99. The van der Waals surface area contributed by atoms with Crippen LogP contribution < -0.4 is 5.90 Å². The Balaban J connectivity index is 3.08. The predicted octanol–water partition coefficient (Wildman–Crippen LogP) is 5.23. The van der Waals surface area contributed by atoms with E-state index in [2.05, 4.69) is 23.9 Å². The van der Waals surface area contributed by atoms with Gasteiger partial charge in [-0.15, -0.1) is 0 Å². The van der Waals surface area contributed by atoms with Crippen molar-refractivity contribution in [3.63, 3.8) is 0 Å². The third-order valence-corrected chi connectivity index (χ3v) is 3.87. The van der Waals surface area contributed by atoms with Crippen LogP contribution in [0.25, 0.3) is 0 Å². The fraction of sp³-hybridized carbons (Fsp3) is 0.889. The van der Waals surface area contributed by atoms with Gasteiger partial charge >= 0.3 is 0 Å². The van der Waals surface area contributed by atoms with E-state index in [-0.39, 0.29) is 0 Å². The molecule has 0 bridgehead atoms. The van der Waals surface area contributed by atoms with E-state index >= 15 is 0 Å². The number of unbranched alkanes of at least 4 members (excludes halogenated alkanes) is 11. The van der Waals surface area contributed by atoms with Crippen molar-refractivity contribution in [2.24, 2.45) is 5.90 Å². The molecule has 0 rings (SSSR count). The first kappa shape index (κ1) is 20.6. The molecule has 0 aliphatic heterocycles. The van der Waals surface area contributed by atoms with E-state index in [0.717, 1.165) is 12.8 Å². The van der Waals surface area contributed by atoms with Crippen LogP contribution in [-0.2, 0) is 4.84 Å². The highest BCUT2D eigenvalue weighted by Crippen LogP contribution is 2.10. The maximum Gasteiger partial charge on any atom is 0.174 e. The van der Waals surface area contributed by atoms with Crippen molar-refractivity contribution in [1.29, 1.82) is 0 Å². The molecule has 0 amide bonds. The van der Waals surface area contributed by atoms with Crippen molar-refractivity contribution in [2.75, 3.05) is 0 Å². The van der Waals surface area contributed by atoms with Crippen LogP contribution in [0.3, 0.4) is 0 Å². The molecule has 0 heterocycles. The average molecular weight is 299 g/mol. The number of nitrogens with two attached hydrogens (primary N) is 1. The number of rotatable bonds is 16. The summed E-state index contributed by atoms with van der Waals surface area (Å²) < 4.78 is 0. The van der Waals surface area contributed by atoms with Gasteiger partial charge in [0.1, 0.15) is 0 Å². The highest BCUT2D eigenvalue weighted by Gasteiger charge is 2.00. The topological polar surface area (TPSA) is 55.5 Å². The third-order valence-electron chi connectivity index (χ3n) is 3.87. The van der Waals surface area contributed by atoms with E-state index < -0.39 is 6.29 Å². The molecule has 0 saturated carbocycles. The van der Waals surface area contributed by atoms with Crippen LogP contribution in [-0.4, -0.2) is 11.4 Å². The van der Waals surface area contributed by atoms with Crippen LogP contribution in [0.4, 0.5) is 0 Å². The summed E-state index contributed by atoms with van der Waals surface area (Å²) in [6.45, 7) is 2.26. The lowest BCUT2D eigenvalue weighted by molar-refractivity contribution is -0.106. The molecule has 0 aliphatic rings. The normalized spacial score (nSPS) is 13.1. The molecule has 1 unspecified atom stereocenters. The predicted molar refractivity (Wildman–Crippen MR) is 90.7 cm³/mol. The lowest BCUT2D eigenvalue weighted by Crippen LogP contribution is -2.15. The standard InChI is InChI=1S/C18H37NO2/c1-2-3-4-5-6-7-8-9-10-11-12-13-14-15-16-17-18(20)21-19/h9-10,18,20H,2-8,11-17,19H2,1H3/b10-9-. The molecule has 3 N–H and O–H groups in total. The minimum Gasteiger partial charge on any atom is -0.366 e. The van der Waals surface area contributed by atoms with Crippen LogP contribution in [0.1, 0.15) is 96.8 Å². The highest BCUT2D eigenvalue weighted by atomic mass is 16.7. The largest absolute Gasteiger partial charge is 0.366 e. The molecular formula is C18H37NO2. The van der Waals surface area contributed by atoms with Crippen molar-refractivity contribution >= 4 is 0 Å². The molecule has 0 aliphatic carbocycles. The van der Waals surface area contributed by atoms with Gasteiger partial charge in [-0.2, -0.15) is 0 Å². The zero-order valence-corrected chi connectivity index (χ0v) is 14.1. The Bertz CT molecular complexity index is 219. The van der Waals surface area contributed by atoms with Gasteiger partial charge in [0, 0.05) is 0 Å². The Kier molecular flexibility index (Phi) is 17.4. The number of allylic oxidation sites excluding steroid dienone is 2. The van der Waals surface area contributed by atoms with Crippen LogP contribution in [0.2, 0.25) is 0 Å². The number of aliphatic hydroxyl groups excluding tert-OH is 1. The second-order valence-electron chi connectivity index (χ2n) is 5.96. The van der Waals surface area contributed by atoms with E-state index in [4.69, 9.17) is 11.0 Å². The Morgan fingerprint density at radius 1 is 0.810 bits per heavy atom. The van der Waals surface area contributed by atoms with Gasteiger partial charge in [0.2, 0.25) is 0 Å². The zero-order chi connectivity index (χ0) is 15.6. The number of hydrogen-bond acceptors (Lipinski definition) is 3. The van der Waals surface area contributed by atoms with Crippen molar-refractivity contribution in [2.45, 2.75) is 103 Å². The van der Waals surface area contributed by atoms with Gasteiger partial charge in [0.05, 0.1) is 0 Å². The van der Waals surface area contributed by atoms with Crippen LogP contribution in [0.15, 0.2) is 12.2 Å². The Morgan fingerprint density at radius 3 is 1.81 bits per heavy atom. The van der Waals surface area contributed by atoms with E-state index in [9.17, 15) is 0 Å². The molecule has 0 spiro atoms. The van der Waals surface area contributed by atoms with Gasteiger partial charge in [-0.25, -0.2) is 5.90 Å². The van der Waals surface area contributed by atoms with E-state index in [1.807, 2.05) is 0 Å². The quantitative estimate of drug-likeness (QED) is 0.177. The molecule has 1 atom stereocenters. The first-order chi connectivity index (χ1) is 10.3. The molecular weight excluding hydrogens is 262 g/mol. The van der Waals surface area contributed by atoms with E-state index in [1.165, 1.54) is 70.6 Å². The Hall–Kier alpha value is -0.380. The van der Waals surface area contributed by atoms with Crippen LogP contribution in [0.5, 0.6) is 0 Å². The summed E-state index contributed by atoms with van der Waals surface area (Å²) in [5.41, 5.74) is 0. The first-order valence-electron chi connectivity index (χ1n) is 8.99. The summed E-state index contributed by atoms with van der Waals surface area (Å²) in [4.78, 5) is 4.32. The van der Waals surface area contributed by atoms with E-state index in [0.29, 0.717) is 6.42 Å². The monoisotopic (exact) mass is 299 g/mol. The molecule has 3 nitrogen and oxygen atoms in total. The van der Waals surface area contributed by atoms with Crippen LogP contribution in [0, 0.1) is 0 Å². The second kappa shape index (κ2) is 17.7. The highest BCUT2D eigenvalue weighted by molar-refractivity contribution is 4.81. The lowest BCUT2D eigenvalue weighted by Gasteiger charge is -2.06. The minimum atomic E-state index is -0.782. The molecule has 0 saturated heterocycles. The summed E-state index contributed by atoms with van der Waals surface area (Å²) >= 11 is 0. The summed E-state index contributed by atoms with van der Waals surface area (Å²) in [7, 11) is 0. The third kappa shape index (κ3) is 17.6. The summed E-state index contributed by atoms with van der Waals surface area (Å²) in [6, 6.07) is 0. The van der Waals surface area contributed by atoms with Gasteiger partial charge in [-0.1, -0.05) is 70.4 Å². The van der Waals surface area contributed by atoms with Gasteiger partial charge in [-0.05, 0) is 38.5 Å². The molecule has 21 heavy (non-hydrogen) atoms. The van der Waals surface area contributed by atoms with Crippen LogP contribution >= 0.6 is 0 Å². The molecule has 0 aromatic heterocycles. The second-order valence-corrected chi connectivity index (χ2v) is 5.96. The molecule has 3 heteroatoms. The minimum absolute atomic E-state index is 0.647. The lowest BCUT2D eigenvalue weighted by atomic mass is 10.1. The van der Waals surface area contributed by atoms with Crippen molar-refractivity contribution in [3.05, 3.63) is 12.2 Å². The van der Waals surface area contributed by atoms with Gasteiger partial charge in [0.15, 0.2) is 6.29 Å². The van der Waals surface area contributed by atoms with Crippen molar-refractivity contribution < 1.29 is 9.94 Å². The average Bonchev–Trinajstić information content (AvgIpc) is 2.50. The maximum absolute atomic E-state index is 9.11. The smallest absolute Gasteiger partial charge is 0.174 e. The summed E-state index contributed by atoms with van der Waals surface area (Å²) in [6.07, 6.45) is 21.3. The fourth-order valence-electron chi connectivity index (χ4n) is 2.46. The van der Waals surface area contributed by atoms with Gasteiger partial charge < -0.3 is 5.11 Å². The molecule has 0 radical (unpaired) electrons. The van der Waals surface area contributed by atoms with E-state index in [1.54, 1.807) is 0 Å². The Labute approximate surface area is 131 Å². The van der Waals surface area contributed by atoms with Crippen molar-refractivity contribution in [3.8, 4) is 0 Å². The molecule has 0 fully saturated rings. The van der Waals surface area contributed by atoms with Gasteiger partial charge in [0.25, 0.3) is 0 Å². The maximum atomic E-state index is 9.11. The summed E-state index contributed by atoms with van der Waals surface area (Å²) in [5.74, 6) is 4.88. The molecule has 126 valence electrons. The fourth-order valence-corrected chi connectivity index (χ4v) is 2.46. The SMILES string of the molecule is CCCCCCCC/C=C\CCCCCCCC(O)ON. The number of hydrogen-bond donors (Lipinski definition) is 2. The van der Waals surface area contributed by atoms with Gasteiger partial charge in [-0.3, -0.25) is 4.84 Å². The molecule has 0 aromatic carbocycles. The summed E-state index contributed by atoms with van der Waals surface area (Å²) in [5, 5.41) is 9.11. The number of aliphatic hydroxyl groups is 1.